The van der Waals surface area contributed by atoms with Crippen molar-refractivity contribution in [3.8, 4) is 0 Å². The maximum atomic E-state index is 12.3. The molecular formula is C21H25N3O3S. The van der Waals surface area contributed by atoms with Crippen LogP contribution < -0.4 is 5.32 Å². The normalized spacial score (nSPS) is 14.7. The Morgan fingerprint density at radius 2 is 1.71 bits per heavy atom. The van der Waals surface area contributed by atoms with Gasteiger partial charge in [-0.05, 0) is 30.5 Å². The molecule has 0 spiro atoms. The van der Waals surface area contributed by atoms with Crippen LogP contribution in [-0.4, -0.2) is 60.1 Å². The quantitative estimate of drug-likeness (QED) is 0.727. The summed E-state index contributed by atoms with van der Waals surface area (Å²) in [5.41, 5.74) is 1.94. The van der Waals surface area contributed by atoms with Crippen LogP contribution in [-0.2, 0) is 9.59 Å². The first-order valence-corrected chi connectivity index (χ1v) is 10.3. The monoisotopic (exact) mass is 399 g/mol. The number of nitrogens with one attached hydrogen (secondary N) is 1. The molecule has 3 rings (SSSR count). The molecule has 0 saturated carbocycles. The first-order valence-electron chi connectivity index (χ1n) is 9.44. The molecule has 0 bridgehead atoms. The molecule has 2 aromatic rings. The van der Waals surface area contributed by atoms with E-state index < -0.39 is 0 Å². The third kappa shape index (κ3) is 5.74. The highest BCUT2D eigenvalue weighted by Crippen LogP contribution is 2.14. The lowest BCUT2D eigenvalue weighted by Gasteiger charge is -2.34. The molecule has 0 unspecified atom stereocenters. The number of Topliss-reactive ketones (excluding diaryl/α,β-unsaturated/α-hetero) is 1. The molecule has 7 heteroatoms. The van der Waals surface area contributed by atoms with Gasteiger partial charge in [-0.25, -0.2) is 0 Å². The Kier molecular flexibility index (Phi) is 6.95. The molecular weight excluding hydrogens is 374 g/mol. The van der Waals surface area contributed by atoms with Crippen molar-refractivity contribution >= 4 is 34.6 Å². The molecule has 1 saturated heterocycles. The molecule has 0 atom stereocenters. The minimum Gasteiger partial charge on any atom is -0.340 e. The lowest BCUT2D eigenvalue weighted by molar-refractivity contribution is -0.133. The molecule has 6 nitrogen and oxygen atoms in total. The summed E-state index contributed by atoms with van der Waals surface area (Å²) in [5, 5.41) is 4.76. The lowest BCUT2D eigenvalue weighted by atomic mass is 10.1. The molecule has 1 aromatic carbocycles. The number of rotatable bonds is 7. The third-order valence-electron chi connectivity index (χ3n) is 4.79. The van der Waals surface area contributed by atoms with E-state index in [1.807, 2.05) is 47.5 Å². The second-order valence-corrected chi connectivity index (χ2v) is 7.92. The maximum absolute atomic E-state index is 12.3. The lowest BCUT2D eigenvalue weighted by Crippen LogP contribution is -2.50. The van der Waals surface area contributed by atoms with Crippen LogP contribution in [0.4, 0.5) is 5.69 Å². The highest BCUT2D eigenvalue weighted by molar-refractivity contribution is 7.12. The highest BCUT2D eigenvalue weighted by atomic mass is 32.1. The zero-order chi connectivity index (χ0) is 19.9. The van der Waals surface area contributed by atoms with Crippen LogP contribution in [0, 0.1) is 6.92 Å². The number of carbonyl (C=O) groups is 3. The summed E-state index contributed by atoms with van der Waals surface area (Å²) in [4.78, 5) is 41.1. The van der Waals surface area contributed by atoms with E-state index in [1.54, 1.807) is 11.0 Å². The van der Waals surface area contributed by atoms with Gasteiger partial charge in [0.05, 0.1) is 11.4 Å². The smallest absolute Gasteiger partial charge is 0.238 e. The zero-order valence-corrected chi connectivity index (χ0v) is 16.8. The molecule has 2 amide bonds. The number of hydrogen-bond acceptors (Lipinski definition) is 5. The van der Waals surface area contributed by atoms with Gasteiger partial charge in [-0.15, -0.1) is 11.3 Å². The van der Waals surface area contributed by atoms with Gasteiger partial charge in [0.25, 0.3) is 0 Å². The summed E-state index contributed by atoms with van der Waals surface area (Å²) in [6.45, 7) is 4.81. The molecule has 1 aliphatic heterocycles. The van der Waals surface area contributed by atoms with Crippen molar-refractivity contribution in [2.75, 3.05) is 38.0 Å². The van der Waals surface area contributed by atoms with Gasteiger partial charge in [-0.2, -0.15) is 0 Å². The molecule has 1 fully saturated rings. The minimum absolute atomic E-state index is 0.00802. The number of benzene rings is 1. The second kappa shape index (κ2) is 9.61. The maximum Gasteiger partial charge on any atom is 0.238 e. The molecule has 28 heavy (non-hydrogen) atoms. The number of piperazine rings is 1. The summed E-state index contributed by atoms with van der Waals surface area (Å²) < 4.78 is 0. The molecule has 1 N–H and O–H groups in total. The van der Waals surface area contributed by atoms with Crippen molar-refractivity contribution in [2.24, 2.45) is 0 Å². The largest absolute Gasteiger partial charge is 0.340 e. The van der Waals surface area contributed by atoms with Gasteiger partial charge in [0.15, 0.2) is 5.78 Å². The third-order valence-corrected chi connectivity index (χ3v) is 5.70. The summed E-state index contributed by atoms with van der Waals surface area (Å²) in [5.74, 6) is -0.0198. The predicted molar refractivity (Wildman–Crippen MR) is 111 cm³/mol. The van der Waals surface area contributed by atoms with E-state index >= 15 is 0 Å². The average Bonchev–Trinajstić information content (AvgIpc) is 3.23. The fourth-order valence-electron chi connectivity index (χ4n) is 3.13. The van der Waals surface area contributed by atoms with Gasteiger partial charge in [0.1, 0.15) is 0 Å². The Morgan fingerprint density at radius 3 is 2.36 bits per heavy atom. The van der Waals surface area contributed by atoms with E-state index in [1.165, 1.54) is 11.3 Å². The van der Waals surface area contributed by atoms with E-state index in [0.29, 0.717) is 37.6 Å². The Bertz CT molecular complexity index is 810. The Morgan fingerprint density at radius 1 is 1.00 bits per heavy atom. The Balaban J connectivity index is 1.37. The van der Waals surface area contributed by atoms with Gasteiger partial charge in [0.2, 0.25) is 11.8 Å². The SMILES string of the molecule is Cc1ccc(NC(=O)CN2CCN(C(=O)CCC(=O)c3cccs3)CC2)cc1. The van der Waals surface area contributed by atoms with E-state index in [-0.39, 0.29) is 30.4 Å². The standard InChI is InChI=1S/C21H25N3O3S/c1-16-4-6-17(7-5-16)22-20(26)15-23-10-12-24(13-11-23)21(27)9-8-18(25)19-3-2-14-28-19/h2-7,14H,8-13,15H2,1H3,(H,22,26). The van der Waals surface area contributed by atoms with Crippen LogP contribution in [0.3, 0.4) is 0 Å². The summed E-state index contributed by atoms with van der Waals surface area (Å²) >= 11 is 1.41. The van der Waals surface area contributed by atoms with Crippen molar-refractivity contribution in [3.63, 3.8) is 0 Å². The van der Waals surface area contributed by atoms with Crippen LogP contribution in [0.15, 0.2) is 41.8 Å². The van der Waals surface area contributed by atoms with Crippen LogP contribution in [0.5, 0.6) is 0 Å². The number of ketones is 1. The first kappa shape index (κ1) is 20.2. The molecule has 148 valence electrons. The Hall–Kier alpha value is -2.51. The number of thiophene rings is 1. The fraction of sp³-hybridized carbons (Fsp3) is 0.381. The highest BCUT2D eigenvalue weighted by Gasteiger charge is 2.23. The molecule has 1 aliphatic rings. The number of carbonyl (C=O) groups excluding carboxylic acids is 3. The van der Waals surface area contributed by atoms with E-state index in [4.69, 9.17) is 0 Å². The zero-order valence-electron chi connectivity index (χ0n) is 16.0. The topological polar surface area (TPSA) is 69.7 Å². The van der Waals surface area contributed by atoms with E-state index in [9.17, 15) is 14.4 Å². The summed E-state index contributed by atoms with van der Waals surface area (Å²) in [7, 11) is 0. The summed E-state index contributed by atoms with van der Waals surface area (Å²) in [6.07, 6.45) is 0.489. The van der Waals surface area contributed by atoms with Crippen molar-refractivity contribution < 1.29 is 14.4 Å². The van der Waals surface area contributed by atoms with Crippen molar-refractivity contribution in [2.45, 2.75) is 19.8 Å². The van der Waals surface area contributed by atoms with E-state index in [2.05, 4.69) is 5.32 Å². The number of nitrogens with zero attached hydrogens (tertiary/aromatic N) is 2. The van der Waals surface area contributed by atoms with Gasteiger partial charge in [0, 0.05) is 44.7 Å². The number of anilines is 1. The minimum atomic E-state index is -0.0508. The molecule has 2 heterocycles. The van der Waals surface area contributed by atoms with Crippen LogP contribution in [0.1, 0.15) is 28.1 Å². The Labute approximate surface area is 169 Å². The van der Waals surface area contributed by atoms with Gasteiger partial charge >= 0.3 is 0 Å². The summed E-state index contributed by atoms with van der Waals surface area (Å²) in [6, 6.07) is 11.3. The van der Waals surface area contributed by atoms with E-state index in [0.717, 1.165) is 11.3 Å². The van der Waals surface area contributed by atoms with Gasteiger partial charge in [-0.1, -0.05) is 23.8 Å². The molecule has 0 radical (unpaired) electrons. The van der Waals surface area contributed by atoms with Crippen molar-refractivity contribution in [1.82, 2.24) is 9.80 Å². The predicted octanol–water partition coefficient (Wildman–Crippen LogP) is 2.80. The molecule has 1 aromatic heterocycles. The van der Waals surface area contributed by atoms with Gasteiger partial charge in [-0.3, -0.25) is 19.3 Å². The van der Waals surface area contributed by atoms with Crippen LogP contribution in [0.25, 0.3) is 0 Å². The number of aryl methyl sites for hydroxylation is 1. The van der Waals surface area contributed by atoms with Crippen molar-refractivity contribution in [3.05, 3.63) is 52.2 Å². The van der Waals surface area contributed by atoms with Crippen molar-refractivity contribution in [1.29, 1.82) is 0 Å². The first-order chi connectivity index (χ1) is 13.5. The molecule has 0 aliphatic carbocycles. The van der Waals surface area contributed by atoms with Crippen LogP contribution >= 0.6 is 11.3 Å². The average molecular weight is 400 g/mol. The van der Waals surface area contributed by atoms with Gasteiger partial charge < -0.3 is 10.2 Å². The number of amides is 2. The fourth-order valence-corrected chi connectivity index (χ4v) is 3.83. The number of hydrogen-bond donors (Lipinski definition) is 1. The van der Waals surface area contributed by atoms with Crippen LogP contribution in [0.2, 0.25) is 0 Å². The second-order valence-electron chi connectivity index (χ2n) is 6.97.